The zero-order chi connectivity index (χ0) is 26.8. The van der Waals surface area contributed by atoms with Crippen LogP contribution in [0.15, 0.2) is 24.4 Å². The van der Waals surface area contributed by atoms with Crippen molar-refractivity contribution in [3.63, 3.8) is 0 Å². The second-order valence-electron chi connectivity index (χ2n) is 11.4. The average Bonchev–Trinajstić information content (AvgIpc) is 3.35. The lowest BCUT2D eigenvalue weighted by Crippen LogP contribution is -2.58. The standard InChI is InChI=1S/C28H41F3N2O2S/c1-8-9-10-11-12-13-16-34-22-15-14-20(17-21(22)28(29,30)31)23-18-32-24(36-23)27(7)19-35-26(5,6)33(27)25(2,3)4/h14-15,17-18H,8-13,16,19H2,1-7H3/t27-/m1/s1. The normalized spacial score (nSPS) is 20.7. The van der Waals surface area contributed by atoms with Crippen LogP contribution in [-0.2, 0) is 16.5 Å². The van der Waals surface area contributed by atoms with Crippen LogP contribution >= 0.6 is 11.3 Å². The molecule has 202 valence electrons. The molecule has 0 unspecified atom stereocenters. The average molecular weight is 527 g/mol. The van der Waals surface area contributed by atoms with Crippen molar-refractivity contribution in [2.75, 3.05) is 13.2 Å². The van der Waals surface area contributed by atoms with E-state index in [4.69, 9.17) is 9.47 Å². The van der Waals surface area contributed by atoms with Crippen molar-refractivity contribution in [3.05, 3.63) is 35.0 Å². The molecule has 1 atom stereocenters. The molecule has 0 aliphatic carbocycles. The van der Waals surface area contributed by atoms with Crippen LogP contribution in [0, 0.1) is 0 Å². The van der Waals surface area contributed by atoms with Gasteiger partial charge >= 0.3 is 6.18 Å². The molecule has 0 radical (unpaired) electrons. The van der Waals surface area contributed by atoms with E-state index >= 15 is 0 Å². The second kappa shape index (κ2) is 11.0. The molecule has 1 aromatic heterocycles. The van der Waals surface area contributed by atoms with E-state index < -0.39 is 23.0 Å². The number of alkyl halides is 3. The fraction of sp³-hybridized carbons (Fsp3) is 0.679. The molecule has 36 heavy (non-hydrogen) atoms. The summed E-state index contributed by atoms with van der Waals surface area (Å²) in [5.41, 5.74) is -1.43. The van der Waals surface area contributed by atoms with Gasteiger partial charge in [0, 0.05) is 11.7 Å². The van der Waals surface area contributed by atoms with Gasteiger partial charge in [-0.25, -0.2) is 4.98 Å². The van der Waals surface area contributed by atoms with E-state index in [9.17, 15) is 13.2 Å². The van der Waals surface area contributed by atoms with Gasteiger partial charge in [0.1, 0.15) is 16.5 Å². The quantitative estimate of drug-likeness (QED) is 0.290. The Kier molecular flexibility index (Phi) is 8.84. The van der Waals surface area contributed by atoms with Crippen LogP contribution in [0.5, 0.6) is 5.75 Å². The number of rotatable bonds is 10. The van der Waals surface area contributed by atoms with E-state index in [0.29, 0.717) is 17.0 Å². The van der Waals surface area contributed by atoms with E-state index in [1.165, 1.54) is 36.3 Å². The summed E-state index contributed by atoms with van der Waals surface area (Å²) >= 11 is 1.42. The summed E-state index contributed by atoms with van der Waals surface area (Å²) in [6.45, 7) is 15.5. The first-order valence-electron chi connectivity index (χ1n) is 13.0. The molecule has 2 aromatic rings. The zero-order valence-corrected chi connectivity index (χ0v) is 23.5. The number of halogens is 3. The van der Waals surface area contributed by atoms with E-state index in [1.807, 2.05) is 13.8 Å². The highest BCUT2D eigenvalue weighted by molar-refractivity contribution is 7.15. The molecule has 8 heteroatoms. The molecule has 0 saturated carbocycles. The summed E-state index contributed by atoms with van der Waals surface area (Å²) in [5.74, 6) is -0.110. The highest BCUT2D eigenvalue weighted by Gasteiger charge is 2.55. The Morgan fingerprint density at radius 2 is 1.72 bits per heavy atom. The maximum Gasteiger partial charge on any atom is 0.419 e. The number of nitrogens with zero attached hydrogens (tertiary/aromatic N) is 2. The van der Waals surface area contributed by atoms with Crippen LogP contribution in [0.2, 0.25) is 0 Å². The minimum absolute atomic E-state index is 0.110. The number of hydrogen-bond donors (Lipinski definition) is 0. The fourth-order valence-electron chi connectivity index (χ4n) is 5.50. The van der Waals surface area contributed by atoms with Crippen LogP contribution in [0.1, 0.15) is 97.6 Å². The molecular weight excluding hydrogens is 485 g/mol. The van der Waals surface area contributed by atoms with Crippen LogP contribution in [0.3, 0.4) is 0 Å². The molecule has 1 fully saturated rings. The second-order valence-corrected chi connectivity index (χ2v) is 12.4. The fourth-order valence-corrected chi connectivity index (χ4v) is 6.53. The first-order chi connectivity index (χ1) is 16.7. The van der Waals surface area contributed by atoms with Crippen LogP contribution in [0.25, 0.3) is 10.4 Å². The third-order valence-corrected chi connectivity index (χ3v) is 8.00. The van der Waals surface area contributed by atoms with E-state index in [2.05, 4.69) is 44.5 Å². The highest BCUT2D eigenvalue weighted by Crippen LogP contribution is 2.48. The largest absolute Gasteiger partial charge is 0.493 e. The van der Waals surface area contributed by atoms with Crippen molar-refractivity contribution in [1.82, 2.24) is 9.88 Å². The van der Waals surface area contributed by atoms with Gasteiger partial charge < -0.3 is 9.47 Å². The van der Waals surface area contributed by atoms with Gasteiger partial charge in [-0.3, -0.25) is 4.90 Å². The smallest absolute Gasteiger partial charge is 0.419 e. The van der Waals surface area contributed by atoms with Crippen LogP contribution in [0.4, 0.5) is 13.2 Å². The van der Waals surface area contributed by atoms with Crippen LogP contribution in [-0.4, -0.2) is 34.4 Å². The summed E-state index contributed by atoms with van der Waals surface area (Å²) in [6.07, 6.45) is 3.49. The molecule has 3 rings (SSSR count). The topological polar surface area (TPSA) is 34.6 Å². The monoisotopic (exact) mass is 526 g/mol. The molecule has 0 spiro atoms. The molecule has 1 aliphatic rings. The lowest BCUT2D eigenvalue weighted by atomic mass is 9.92. The number of thiazole rings is 1. The Balaban J connectivity index is 1.81. The number of hydrogen-bond acceptors (Lipinski definition) is 5. The molecule has 1 saturated heterocycles. The van der Waals surface area contributed by atoms with Gasteiger partial charge in [0.05, 0.1) is 29.2 Å². The first kappa shape index (κ1) is 28.9. The van der Waals surface area contributed by atoms with Gasteiger partial charge in [-0.1, -0.05) is 39.0 Å². The van der Waals surface area contributed by atoms with Crippen molar-refractivity contribution in [2.24, 2.45) is 0 Å². The summed E-state index contributed by atoms with van der Waals surface area (Å²) in [6, 6.07) is 4.33. The summed E-state index contributed by atoms with van der Waals surface area (Å²) in [5, 5.41) is 0.829. The Bertz CT molecular complexity index is 1010. The predicted octanol–water partition coefficient (Wildman–Crippen LogP) is 8.65. The lowest BCUT2D eigenvalue weighted by Gasteiger charge is -2.47. The zero-order valence-electron chi connectivity index (χ0n) is 22.7. The van der Waals surface area contributed by atoms with Crippen molar-refractivity contribution < 1.29 is 22.6 Å². The Morgan fingerprint density at radius 1 is 1.06 bits per heavy atom. The SMILES string of the molecule is CCCCCCCCOc1ccc(-c2cnc([C@@]3(C)COC(C)(C)N3C(C)(C)C)s2)cc1C(F)(F)F. The molecule has 0 amide bonds. The van der Waals surface area contributed by atoms with E-state index in [-0.39, 0.29) is 17.9 Å². The Morgan fingerprint density at radius 3 is 2.36 bits per heavy atom. The maximum absolute atomic E-state index is 13.9. The number of benzene rings is 1. The Hall–Kier alpha value is -1.64. The van der Waals surface area contributed by atoms with Crippen molar-refractivity contribution in [1.29, 1.82) is 0 Å². The van der Waals surface area contributed by atoms with Crippen LogP contribution < -0.4 is 4.74 Å². The lowest BCUT2D eigenvalue weighted by molar-refractivity contribution is -0.138. The summed E-state index contributed by atoms with van der Waals surface area (Å²) in [4.78, 5) is 7.66. The van der Waals surface area contributed by atoms with E-state index in [0.717, 1.165) is 30.7 Å². The van der Waals surface area contributed by atoms with Crippen molar-refractivity contribution in [3.8, 4) is 16.2 Å². The number of unbranched alkanes of at least 4 members (excludes halogenated alkanes) is 5. The summed E-state index contributed by atoms with van der Waals surface area (Å²) in [7, 11) is 0. The van der Waals surface area contributed by atoms with Gasteiger partial charge in [-0.05, 0) is 71.7 Å². The van der Waals surface area contributed by atoms with Gasteiger partial charge in [0.15, 0.2) is 0 Å². The van der Waals surface area contributed by atoms with Gasteiger partial charge in [0.2, 0.25) is 0 Å². The van der Waals surface area contributed by atoms with E-state index in [1.54, 1.807) is 12.3 Å². The molecule has 1 aromatic carbocycles. The van der Waals surface area contributed by atoms with Gasteiger partial charge in [-0.15, -0.1) is 11.3 Å². The molecule has 1 aliphatic heterocycles. The molecule has 0 bridgehead atoms. The van der Waals surface area contributed by atoms with Crippen molar-refractivity contribution >= 4 is 11.3 Å². The minimum Gasteiger partial charge on any atom is -0.493 e. The molecular formula is C28H41F3N2O2S. The summed E-state index contributed by atoms with van der Waals surface area (Å²) < 4.78 is 53.5. The third kappa shape index (κ3) is 6.43. The number of aromatic nitrogens is 1. The molecule has 4 nitrogen and oxygen atoms in total. The predicted molar refractivity (Wildman–Crippen MR) is 140 cm³/mol. The molecule has 2 heterocycles. The number of ether oxygens (including phenoxy) is 2. The first-order valence-corrected chi connectivity index (χ1v) is 13.8. The highest BCUT2D eigenvalue weighted by atomic mass is 32.1. The third-order valence-electron chi connectivity index (χ3n) is 6.70. The Labute approximate surface area is 218 Å². The van der Waals surface area contributed by atoms with Gasteiger partial charge in [-0.2, -0.15) is 13.2 Å². The minimum atomic E-state index is -4.50. The van der Waals surface area contributed by atoms with Crippen molar-refractivity contribution in [2.45, 2.75) is 110 Å². The maximum atomic E-state index is 13.9. The van der Waals surface area contributed by atoms with Gasteiger partial charge in [0.25, 0.3) is 0 Å². The molecule has 0 N–H and O–H groups in total.